The molecule has 0 saturated heterocycles. The second-order valence-corrected chi connectivity index (χ2v) is 4.34. The molecule has 0 aliphatic heterocycles. The molecule has 0 atom stereocenters. The van der Waals surface area contributed by atoms with E-state index in [1.165, 1.54) is 17.2 Å². The van der Waals surface area contributed by atoms with Crippen LogP contribution in [0.5, 0.6) is 11.5 Å². The Labute approximate surface area is 129 Å². The number of aromatic hydroxyl groups is 1. The number of hydrogen-bond donors (Lipinski definition) is 2. The molecule has 7 heteroatoms. The van der Waals surface area contributed by atoms with Gasteiger partial charge in [-0.25, -0.2) is 5.43 Å². The zero-order valence-corrected chi connectivity index (χ0v) is 13.0. The second-order valence-electron chi connectivity index (χ2n) is 4.34. The average Bonchev–Trinajstić information content (AvgIpc) is 2.51. The van der Waals surface area contributed by atoms with Gasteiger partial charge in [-0.1, -0.05) is 0 Å². The van der Waals surface area contributed by atoms with Crippen molar-refractivity contribution < 1.29 is 19.4 Å². The first-order valence-electron chi connectivity index (χ1n) is 7.11. The number of carbonyl (C=O) groups excluding carboxylic acids is 2. The van der Waals surface area contributed by atoms with Gasteiger partial charge in [0.15, 0.2) is 11.5 Å². The monoisotopic (exact) mass is 307 g/mol. The summed E-state index contributed by atoms with van der Waals surface area (Å²) in [5, 5.41) is 13.3. The number of amides is 2. The van der Waals surface area contributed by atoms with Crippen LogP contribution in [0.3, 0.4) is 0 Å². The van der Waals surface area contributed by atoms with E-state index in [9.17, 15) is 14.7 Å². The smallest absolute Gasteiger partial charge is 0.329 e. The van der Waals surface area contributed by atoms with E-state index in [0.29, 0.717) is 31.0 Å². The van der Waals surface area contributed by atoms with Crippen molar-refractivity contribution in [2.75, 3.05) is 19.7 Å². The van der Waals surface area contributed by atoms with Gasteiger partial charge in [0.2, 0.25) is 0 Å². The Balaban J connectivity index is 2.67. The lowest BCUT2D eigenvalue weighted by Crippen LogP contribution is -2.41. The van der Waals surface area contributed by atoms with E-state index in [-0.39, 0.29) is 5.75 Å². The summed E-state index contributed by atoms with van der Waals surface area (Å²) in [7, 11) is 0. The number of benzene rings is 1. The van der Waals surface area contributed by atoms with Crippen LogP contribution in [0.1, 0.15) is 26.3 Å². The van der Waals surface area contributed by atoms with E-state index in [2.05, 4.69) is 10.5 Å². The Morgan fingerprint density at radius 3 is 2.59 bits per heavy atom. The quantitative estimate of drug-likeness (QED) is 0.468. The first kappa shape index (κ1) is 17.5. The van der Waals surface area contributed by atoms with E-state index in [4.69, 9.17) is 4.74 Å². The molecule has 2 amide bonds. The van der Waals surface area contributed by atoms with Crippen molar-refractivity contribution in [1.29, 1.82) is 0 Å². The van der Waals surface area contributed by atoms with Crippen LogP contribution in [0, 0.1) is 0 Å². The van der Waals surface area contributed by atoms with Crippen LogP contribution in [0.2, 0.25) is 0 Å². The molecule has 0 aliphatic rings. The standard InChI is InChI=1S/C15H21N3O4/c1-4-18(5-2)15(21)14(20)17-16-10-11-7-8-12(19)13(9-11)22-6-3/h7-10,19H,4-6H2,1-3H3,(H,17,20)/b16-10-. The molecule has 0 spiro atoms. The van der Waals surface area contributed by atoms with Crippen LogP contribution < -0.4 is 10.2 Å². The molecule has 0 unspecified atom stereocenters. The highest BCUT2D eigenvalue weighted by Crippen LogP contribution is 2.26. The molecule has 1 aromatic carbocycles. The largest absolute Gasteiger partial charge is 0.504 e. The average molecular weight is 307 g/mol. The van der Waals surface area contributed by atoms with E-state index in [1.54, 1.807) is 32.9 Å². The second kappa shape index (κ2) is 8.66. The van der Waals surface area contributed by atoms with Gasteiger partial charge >= 0.3 is 11.8 Å². The van der Waals surface area contributed by atoms with Gasteiger partial charge in [0.05, 0.1) is 12.8 Å². The number of hydrazone groups is 1. The van der Waals surface area contributed by atoms with E-state index < -0.39 is 11.8 Å². The summed E-state index contributed by atoms with van der Waals surface area (Å²) in [4.78, 5) is 24.8. The maximum Gasteiger partial charge on any atom is 0.329 e. The van der Waals surface area contributed by atoms with Crippen LogP contribution >= 0.6 is 0 Å². The number of nitrogens with zero attached hydrogens (tertiary/aromatic N) is 2. The Morgan fingerprint density at radius 2 is 2.00 bits per heavy atom. The maximum atomic E-state index is 11.7. The van der Waals surface area contributed by atoms with Gasteiger partial charge in [0.1, 0.15) is 0 Å². The van der Waals surface area contributed by atoms with Crippen LogP contribution in [0.15, 0.2) is 23.3 Å². The first-order valence-corrected chi connectivity index (χ1v) is 7.11. The summed E-state index contributed by atoms with van der Waals surface area (Å²) in [6, 6.07) is 4.66. The van der Waals surface area contributed by atoms with Crippen LogP contribution in [0.25, 0.3) is 0 Å². The summed E-state index contributed by atoms with van der Waals surface area (Å²) in [6.45, 7) is 6.74. The summed E-state index contributed by atoms with van der Waals surface area (Å²) in [6.07, 6.45) is 1.37. The number of ether oxygens (including phenoxy) is 1. The highest BCUT2D eigenvalue weighted by atomic mass is 16.5. The number of likely N-dealkylation sites (N-methyl/N-ethyl adjacent to an activating group) is 1. The molecule has 120 valence electrons. The minimum absolute atomic E-state index is 0.0275. The van der Waals surface area contributed by atoms with Crippen molar-refractivity contribution in [1.82, 2.24) is 10.3 Å². The molecule has 0 heterocycles. The molecular formula is C15H21N3O4. The number of carbonyl (C=O) groups is 2. The zero-order valence-electron chi connectivity index (χ0n) is 13.0. The maximum absolute atomic E-state index is 11.7. The molecule has 0 fully saturated rings. The fraction of sp³-hybridized carbons (Fsp3) is 0.400. The zero-order chi connectivity index (χ0) is 16.5. The number of phenolic OH excluding ortho intramolecular Hbond substituents is 1. The molecule has 0 saturated carbocycles. The highest BCUT2D eigenvalue weighted by Gasteiger charge is 2.18. The molecule has 22 heavy (non-hydrogen) atoms. The summed E-state index contributed by atoms with van der Waals surface area (Å²) < 4.78 is 5.24. The van der Waals surface area contributed by atoms with Gasteiger partial charge in [0, 0.05) is 13.1 Å². The SMILES string of the molecule is CCOc1cc(/C=N\NC(=O)C(=O)N(CC)CC)ccc1O. The highest BCUT2D eigenvalue weighted by molar-refractivity contribution is 6.34. The minimum Gasteiger partial charge on any atom is -0.504 e. The van der Waals surface area contributed by atoms with E-state index >= 15 is 0 Å². The van der Waals surface area contributed by atoms with E-state index in [1.807, 2.05) is 0 Å². The van der Waals surface area contributed by atoms with Gasteiger partial charge in [-0.2, -0.15) is 5.10 Å². The number of hydrogen-bond acceptors (Lipinski definition) is 5. The summed E-state index contributed by atoms with van der Waals surface area (Å²) >= 11 is 0. The lowest BCUT2D eigenvalue weighted by molar-refractivity contribution is -0.145. The summed E-state index contributed by atoms with van der Waals surface area (Å²) in [5.74, 6) is -1.05. The van der Waals surface area contributed by atoms with Crippen molar-refractivity contribution in [3.63, 3.8) is 0 Å². The Morgan fingerprint density at radius 1 is 1.32 bits per heavy atom. The molecule has 0 bridgehead atoms. The molecule has 1 rings (SSSR count). The number of nitrogens with one attached hydrogen (secondary N) is 1. The summed E-state index contributed by atoms with van der Waals surface area (Å²) in [5.41, 5.74) is 2.80. The van der Waals surface area contributed by atoms with E-state index in [0.717, 1.165) is 0 Å². The van der Waals surface area contributed by atoms with Gasteiger partial charge in [-0.05, 0) is 44.5 Å². The third-order valence-corrected chi connectivity index (χ3v) is 2.91. The first-order chi connectivity index (χ1) is 10.5. The van der Waals surface area contributed by atoms with Crippen molar-refractivity contribution in [3.8, 4) is 11.5 Å². The van der Waals surface area contributed by atoms with Gasteiger partial charge in [-0.15, -0.1) is 0 Å². The van der Waals surface area contributed by atoms with Crippen molar-refractivity contribution >= 4 is 18.0 Å². The Hall–Kier alpha value is -2.57. The molecule has 2 N–H and O–H groups in total. The van der Waals surface area contributed by atoms with Crippen LogP contribution in [0.4, 0.5) is 0 Å². The van der Waals surface area contributed by atoms with Crippen molar-refractivity contribution in [3.05, 3.63) is 23.8 Å². The molecule has 7 nitrogen and oxygen atoms in total. The predicted octanol–water partition coefficient (Wildman–Crippen LogP) is 1.11. The lowest BCUT2D eigenvalue weighted by atomic mass is 10.2. The third-order valence-electron chi connectivity index (χ3n) is 2.91. The van der Waals surface area contributed by atoms with Crippen LogP contribution in [-0.2, 0) is 9.59 Å². The normalized spacial score (nSPS) is 10.5. The molecular weight excluding hydrogens is 286 g/mol. The Kier molecular flexibility index (Phi) is 6.88. The minimum atomic E-state index is -0.788. The number of phenols is 1. The Bertz CT molecular complexity index is 554. The fourth-order valence-corrected chi connectivity index (χ4v) is 1.75. The van der Waals surface area contributed by atoms with Gasteiger partial charge < -0.3 is 14.7 Å². The lowest BCUT2D eigenvalue weighted by Gasteiger charge is -2.16. The molecule has 0 radical (unpaired) electrons. The molecule has 0 aliphatic carbocycles. The molecule has 0 aromatic heterocycles. The predicted molar refractivity (Wildman–Crippen MR) is 82.9 cm³/mol. The van der Waals surface area contributed by atoms with Crippen molar-refractivity contribution in [2.45, 2.75) is 20.8 Å². The third kappa shape index (κ3) is 4.76. The van der Waals surface area contributed by atoms with Gasteiger partial charge in [0.25, 0.3) is 0 Å². The van der Waals surface area contributed by atoms with Crippen LogP contribution in [-0.4, -0.2) is 47.7 Å². The van der Waals surface area contributed by atoms with Crippen molar-refractivity contribution in [2.24, 2.45) is 5.10 Å². The number of rotatable bonds is 6. The molecule has 1 aromatic rings. The fourth-order valence-electron chi connectivity index (χ4n) is 1.75. The topological polar surface area (TPSA) is 91.2 Å². The van der Waals surface area contributed by atoms with Gasteiger partial charge in [-0.3, -0.25) is 9.59 Å².